The molecule has 0 radical (unpaired) electrons. The van der Waals surface area contributed by atoms with E-state index in [2.05, 4.69) is 29.6 Å². The molecule has 1 fully saturated rings. The fourth-order valence-electron chi connectivity index (χ4n) is 2.50. The Hall–Kier alpha value is -2.00. The summed E-state index contributed by atoms with van der Waals surface area (Å²) >= 11 is 0. The van der Waals surface area contributed by atoms with Gasteiger partial charge in [-0.1, -0.05) is 24.3 Å². The molecule has 21 heavy (non-hydrogen) atoms. The molecule has 1 aliphatic rings. The molecule has 3 heteroatoms. The fourth-order valence-corrected chi connectivity index (χ4v) is 2.50. The Morgan fingerprint density at radius 2 is 1.81 bits per heavy atom. The van der Waals surface area contributed by atoms with E-state index in [-0.39, 0.29) is 0 Å². The third-order valence-electron chi connectivity index (χ3n) is 3.87. The molecule has 2 aromatic carbocycles. The molecule has 0 aliphatic heterocycles. The van der Waals surface area contributed by atoms with Crippen LogP contribution >= 0.6 is 0 Å². The van der Waals surface area contributed by atoms with E-state index in [0.717, 1.165) is 23.6 Å². The van der Waals surface area contributed by atoms with Gasteiger partial charge in [-0.25, -0.2) is 0 Å². The number of hydrogen-bond acceptors (Lipinski definition) is 3. The molecule has 0 unspecified atom stereocenters. The molecule has 0 heterocycles. The number of rotatable bonds is 6. The van der Waals surface area contributed by atoms with Crippen molar-refractivity contribution in [2.24, 2.45) is 0 Å². The van der Waals surface area contributed by atoms with Crippen LogP contribution in [0.3, 0.4) is 0 Å². The lowest BCUT2D eigenvalue weighted by atomic mass is 9.98. The van der Waals surface area contributed by atoms with Gasteiger partial charge in [0.15, 0.2) is 0 Å². The van der Waals surface area contributed by atoms with Gasteiger partial charge in [0.1, 0.15) is 11.5 Å². The first kappa shape index (κ1) is 14.0. The van der Waals surface area contributed by atoms with Gasteiger partial charge in [-0.05, 0) is 42.2 Å². The Balaban J connectivity index is 1.98. The lowest BCUT2D eigenvalue weighted by Crippen LogP contribution is -2.15. The fraction of sp³-hybridized carbons (Fsp3) is 0.333. The van der Waals surface area contributed by atoms with Crippen molar-refractivity contribution in [2.75, 3.05) is 14.2 Å². The monoisotopic (exact) mass is 283 g/mol. The van der Waals surface area contributed by atoms with E-state index in [4.69, 9.17) is 9.47 Å². The highest BCUT2D eigenvalue weighted by Gasteiger charge is 2.21. The summed E-state index contributed by atoms with van der Waals surface area (Å²) in [5.41, 5.74) is 3.56. The van der Waals surface area contributed by atoms with Crippen LogP contribution in [0.1, 0.15) is 18.4 Å². The van der Waals surface area contributed by atoms with E-state index >= 15 is 0 Å². The maximum absolute atomic E-state index is 5.52. The Bertz CT molecular complexity index is 620. The van der Waals surface area contributed by atoms with Crippen molar-refractivity contribution in [1.29, 1.82) is 0 Å². The third-order valence-corrected chi connectivity index (χ3v) is 3.87. The quantitative estimate of drug-likeness (QED) is 0.878. The van der Waals surface area contributed by atoms with Gasteiger partial charge in [-0.3, -0.25) is 0 Å². The van der Waals surface area contributed by atoms with Gasteiger partial charge in [0.05, 0.1) is 14.2 Å². The van der Waals surface area contributed by atoms with E-state index in [1.807, 2.05) is 18.2 Å². The average Bonchev–Trinajstić information content (AvgIpc) is 3.37. The van der Waals surface area contributed by atoms with Crippen molar-refractivity contribution in [3.05, 3.63) is 48.0 Å². The van der Waals surface area contributed by atoms with Gasteiger partial charge >= 0.3 is 0 Å². The van der Waals surface area contributed by atoms with Gasteiger partial charge in [0, 0.05) is 18.2 Å². The summed E-state index contributed by atoms with van der Waals surface area (Å²) in [5, 5.41) is 3.58. The maximum atomic E-state index is 5.52. The van der Waals surface area contributed by atoms with Crippen LogP contribution in [0.5, 0.6) is 11.5 Å². The maximum Gasteiger partial charge on any atom is 0.126 e. The van der Waals surface area contributed by atoms with Crippen LogP contribution in [-0.2, 0) is 6.54 Å². The van der Waals surface area contributed by atoms with Crippen molar-refractivity contribution in [3.63, 3.8) is 0 Å². The van der Waals surface area contributed by atoms with Crippen molar-refractivity contribution in [1.82, 2.24) is 5.32 Å². The van der Waals surface area contributed by atoms with Crippen LogP contribution in [0, 0.1) is 0 Å². The van der Waals surface area contributed by atoms with Gasteiger partial charge < -0.3 is 14.8 Å². The molecule has 1 aliphatic carbocycles. The molecular formula is C18H21NO2. The third kappa shape index (κ3) is 3.19. The summed E-state index contributed by atoms with van der Waals surface area (Å²) in [6.07, 6.45) is 2.59. The zero-order chi connectivity index (χ0) is 14.7. The molecule has 0 spiro atoms. The lowest BCUT2D eigenvalue weighted by molar-refractivity contribution is 0.404. The smallest absolute Gasteiger partial charge is 0.126 e. The average molecular weight is 283 g/mol. The second-order valence-electron chi connectivity index (χ2n) is 5.38. The summed E-state index contributed by atoms with van der Waals surface area (Å²) < 4.78 is 10.9. The molecule has 0 atom stereocenters. The highest BCUT2D eigenvalue weighted by Crippen LogP contribution is 2.35. The van der Waals surface area contributed by atoms with E-state index in [1.165, 1.54) is 24.0 Å². The molecule has 0 amide bonds. The largest absolute Gasteiger partial charge is 0.497 e. The van der Waals surface area contributed by atoms with Crippen LogP contribution in [-0.4, -0.2) is 20.3 Å². The molecule has 0 aromatic heterocycles. The molecular weight excluding hydrogens is 262 g/mol. The number of methoxy groups -OCH3 is 2. The Morgan fingerprint density at radius 1 is 1.00 bits per heavy atom. The minimum Gasteiger partial charge on any atom is -0.497 e. The summed E-state index contributed by atoms with van der Waals surface area (Å²) in [6.45, 7) is 0.890. The summed E-state index contributed by atoms with van der Waals surface area (Å²) in [4.78, 5) is 0. The minimum atomic E-state index is 0.699. The van der Waals surface area contributed by atoms with Gasteiger partial charge in [0.25, 0.3) is 0 Å². The molecule has 2 aromatic rings. The van der Waals surface area contributed by atoms with E-state index in [1.54, 1.807) is 14.2 Å². The van der Waals surface area contributed by atoms with Gasteiger partial charge in [0.2, 0.25) is 0 Å². The van der Waals surface area contributed by atoms with E-state index < -0.39 is 0 Å². The molecule has 0 saturated heterocycles. The van der Waals surface area contributed by atoms with Crippen molar-refractivity contribution in [2.45, 2.75) is 25.4 Å². The normalized spacial score (nSPS) is 14.0. The first-order valence-electron chi connectivity index (χ1n) is 7.35. The second kappa shape index (κ2) is 6.19. The SMILES string of the molecule is COc1ccc(OC)c(-c2ccccc2CNC2CC2)c1. The lowest BCUT2D eigenvalue weighted by Gasteiger charge is -2.15. The number of nitrogens with one attached hydrogen (secondary N) is 1. The predicted molar refractivity (Wildman–Crippen MR) is 84.8 cm³/mol. The Kier molecular flexibility index (Phi) is 4.11. The van der Waals surface area contributed by atoms with Crippen LogP contribution in [0.15, 0.2) is 42.5 Å². The molecule has 0 bridgehead atoms. The summed E-state index contributed by atoms with van der Waals surface area (Å²) in [5.74, 6) is 1.71. The summed E-state index contributed by atoms with van der Waals surface area (Å²) in [6, 6.07) is 15.1. The zero-order valence-corrected chi connectivity index (χ0v) is 12.6. The molecule has 1 saturated carbocycles. The number of ether oxygens (including phenoxy) is 2. The van der Waals surface area contributed by atoms with Crippen LogP contribution in [0.2, 0.25) is 0 Å². The highest BCUT2D eigenvalue weighted by atomic mass is 16.5. The summed E-state index contributed by atoms with van der Waals surface area (Å²) in [7, 11) is 3.39. The molecule has 3 rings (SSSR count). The Morgan fingerprint density at radius 3 is 2.52 bits per heavy atom. The number of hydrogen-bond donors (Lipinski definition) is 1. The van der Waals surface area contributed by atoms with E-state index in [0.29, 0.717) is 6.04 Å². The van der Waals surface area contributed by atoms with Gasteiger partial charge in [-0.2, -0.15) is 0 Å². The van der Waals surface area contributed by atoms with Crippen molar-refractivity contribution >= 4 is 0 Å². The van der Waals surface area contributed by atoms with Crippen LogP contribution < -0.4 is 14.8 Å². The standard InChI is InChI=1S/C18H21NO2/c1-20-15-9-10-18(21-2)17(11-15)16-6-4-3-5-13(16)12-19-14-7-8-14/h3-6,9-11,14,19H,7-8,12H2,1-2H3. The van der Waals surface area contributed by atoms with Crippen molar-refractivity contribution < 1.29 is 9.47 Å². The van der Waals surface area contributed by atoms with Crippen LogP contribution in [0.4, 0.5) is 0 Å². The zero-order valence-electron chi connectivity index (χ0n) is 12.6. The molecule has 110 valence electrons. The van der Waals surface area contributed by atoms with E-state index in [9.17, 15) is 0 Å². The van der Waals surface area contributed by atoms with Gasteiger partial charge in [-0.15, -0.1) is 0 Å². The first-order chi connectivity index (χ1) is 10.3. The predicted octanol–water partition coefficient (Wildman–Crippen LogP) is 3.62. The first-order valence-corrected chi connectivity index (χ1v) is 7.35. The molecule has 1 N–H and O–H groups in total. The topological polar surface area (TPSA) is 30.5 Å². The second-order valence-corrected chi connectivity index (χ2v) is 5.38. The highest BCUT2D eigenvalue weighted by molar-refractivity contribution is 5.74. The minimum absolute atomic E-state index is 0.699. The molecule has 3 nitrogen and oxygen atoms in total. The van der Waals surface area contributed by atoms with Crippen molar-refractivity contribution in [3.8, 4) is 22.6 Å². The number of benzene rings is 2. The van der Waals surface area contributed by atoms with Crippen LogP contribution in [0.25, 0.3) is 11.1 Å². The Labute approximate surface area is 125 Å².